The highest BCUT2D eigenvalue weighted by molar-refractivity contribution is 7.47. The molecule has 3 N–H and O–H groups in total. The van der Waals surface area contributed by atoms with Crippen molar-refractivity contribution in [2.24, 2.45) is 11.8 Å². The number of hydrogen-bond acceptors (Lipinski definition) is 15. The van der Waals surface area contributed by atoms with Gasteiger partial charge in [-0.05, 0) is 37.5 Å². The number of rotatable bonds is 82. The number of hydrogen-bond donors (Lipinski definition) is 3. The van der Waals surface area contributed by atoms with Crippen LogP contribution in [0.1, 0.15) is 440 Å². The molecule has 0 aromatic rings. The highest BCUT2D eigenvalue weighted by atomic mass is 31.2. The van der Waals surface area contributed by atoms with Crippen molar-refractivity contribution in [1.29, 1.82) is 0 Å². The molecule has 19 heteroatoms. The van der Waals surface area contributed by atoms with Gasteiger partial charge in [0.1, 0.15) is 19.3 Å². The summed E-state index contributed by atoms with van der Waals surface area (Å²) in [6, 6.07) is 0. The van der Waals surface area contributed by atoms with Crippen LogP contribution in [0.5, 0.6) is 0 Å². The Kier molecular flexibility index (Phi) is 73.1. The Morgan fingerprint density at radius 2 is 0.451 bits per heavy atom. The summed E-state index contributed by atoms with van der Waals surface area (Å²) in [6.07, 6.45) is 65.2. The maximum Gasteiger partial charge on any atom is 0.472 e. The number of phosphoric ester groups is 2. The van der Waals surface area contributed by atoms with Crippen LogP contribution in [0.4, 0.5) is 0 Å². The average Bonchev–Trinajstić information content (AvgIpc) is 0.915. The molecule has 0 saturated heterocycles. The standard InChI is InChI=1S/C83H162O17P2/c1-7-9-11-13-15-17-19-21-22-23-24-25-29-32-36-42-48-54-60-66-81(86)94-71-78(99-82(87)67-61-55-49-43-37-33-30-27-26-28-31-34-39-45-51-57-63-75(3)4)73-97-101(89,90)95-69-77(84)70-96-102(91,92)98-74-79(100-83(88)68-62-56-50-44-38-40-46-52-58-64-76(5)6)72-93-80(85)65-59-53-47-41-35-20-18-16-14-12-10-8-2/h75-79,84H,7-74H2,1-6H3,(H,89,90)(H,91,92)/t77-,78-,79-/m1/s1. The molecule has 0 rings (SSSR count). The van der Waals surface area contributed by atoms with Gasteiger partial charge in [-0.2, -0.15) is 0 Å². The number of phosphoric acid groups is 2. The second-order valence-electron chi connectivity index (χ2n) is 30.8. The van der Waals surface area contributed by atoms with Crippen LogP contribution < -0.4 is 0 Å². The molecule has 0 radical (unpaired) electrons. The summed E-state index contributed by atoms with van der Waals surface area (Å²) in [5.74, 6) is -0.560. The molecule has 0 aliphatic carbocycles. The Labute approximate surface area is 626 Å². The van der Waals surface area contributed by atoms with Crippen molar-refractivity contribution in [3.05, 3.63) is 0 Å². The van der Waals surface area contributed by atoms with Crippen molar-refractivity contribution in [3.8, 4) is 0 Å². The largest absolute Gasteiger partial charge is 0.472 e. The van der Waals surface area contributed by atoms with Gasteiger partial charge in [0.2, 0.25) is 0 Å². The predicted molar refractivity (Wildman–Crippen MR) is 418 cm³/mol. The Bertz CT molecular complexity index is 1960. The van der Waals surface area contributed by atoms with Gasteiger partial charge >= 0.3 is 39.5 Å². The van der Waals surface area contributed by atoms with Gasteiger partial charge in [0.05, 0.1) is 26.4 Å². The van der Waals surface area contributed by atoms with Crippen LogP contribution in [0.3, 0.4) is 0 Å². The van der Waals surface area contributed by atoms with Gasteiger partial charge in [-0.1, -0.05) is 388 Å². The van der Waals surface area contributed by atoms with E-state index in [4.69, 9.17) is 37.0 Å². The summed E-state index contributed by atoms with van der Waals surface area (Å²) in [5, 5.41) is 10.7. The number of aliphatic hydroxyl groups excluding tert-OH is 1. The smallest absolute Gasteiger partial charge is 0.462 e. The lowest BCUT2D eigenvalue weighted by atomic mass is 10.0. The fourth-order valence-corrected chi connectivity index (χ4v) is 14.5. The van der Waals surface area contributed by atoms with E-state index in [2.05, 4.69) is 41.5 Å². The molecule has 5 atom stereocenters. The first-order valence-corrected chi connectivity index (χ1v) is 46.0. The first-order chi connectivity index (χ1) is 49.4. The van der Waals surface area contributed by atoms with E-state index in [9.17, 15) is 43.2 Å². The molecule has 0 bridgehead atoms. The van der Waals surface area contributed by atoms with Crippen molar-refractivity contribution >= 4 is 39.5 Å². The Morgan fingerprint density at radius 1 is 0.265 bits per heavy atom. The molecule has 17 nitrogen and oxygen atoms in total. The third-order valence-electron chi connectivity index (χ3n) is 19.5. The molecule has 102 heavy (non-hydrogen) atoms. The Hall–Kier alpha value is -1.94. The topological polar surface area (TPSA) is 237 Å². The Balaban J connectivity index is 5.23. The third-order valence-corrected chi connectivity index (χ3v) is 21.4. The van der Waals surface area contributed by atoms with E-state index < -0.39 is 97.5 Å². The van der Waals surface area contributed by atoms with Crippen LogP contribution in [-0.2, 0) is 65.4 Å². The molecule has 0 aromatic heterocycles. The zero-order valence-electron chi connectivity index (χ0n) is 66.9. The van der Waals surface area contributed by atoms with Gasteiger partial charge in [0.25, 0.3) is 0 Å². The van der Waals surface area contributed by atoms with Gasteiger partial charge < -0.3 is 33.8 Å². The van der Waals surface area contributed by atoms with Crippen molar-refractivity contribution < 1.29 is 80.2 Å². The zero-order valence-corrected chi connectivity index (χ0v) is 68.7. The van der Waals surface area contributed by atoms with Crippen molar-refractivity contribution in [2.45, 2.75) is 458 Å². The minimum absolute atomic E-state index is 0.106. The van der Waals surface area contributed by atoms with Crippen LogP contribution in [-0.4, -0.2) is 96.7 Å². The summed E-state index contributed by atoms with van der Waals surface area (Å²) >= 11 is 0. The second kappa shape index (κ2) is 74.5. The number of carbonyl (C=O) groups is 4. The maximum atomic E-state index is 13.1. The van der Waals surface area contributed by atoms with Crippen molar-refractivity contribution in [2.75, 3.05) is 39.6 Å². The molecule has 2 unspecified atom stereocenters. The zero-order chi connectivity index (χ0) is 74.9. The lowest BCUT2D eigenvalue weighted by Gasteiger charge is -2.21. The first-order valence-electron chi connectivity index (χ1n) is 43.0. The van der Waals surface area contributed by atoms with E-state index in [-0.39, 0.29) is 25.7 Å². The lowest BCUT2D eigenvalue weighted by Crippen LogP contribution is -2.30. The quantitative estimate of drug-likeness (QED) is 0.0222. The molecular weight excluding hydrogens is 1330 g/mol. The highest BCUT2D eigenvalue weighted by Crippen LogP contribution is 2.45. The molecule has 0 aliphatic rings. The van der Waals surface area contributed by atoms with E-state index >= 15 is 0 Å². The van der Waals surface area contributed by atoms with E-state index in [0.717, 1.165) is 102 Å². The minimum Gasteiger partial charge on any atom is -0.462 e. The van der Waals surface area contributed by atoms with Gasteiger partial charge in [0, 0.05) is 25.7 Å². The van der Waals surface area contributed by atoms with Gasteiger partial charge in [-0.25, -0.2) is 9.13 Å². The molecule has 0 amide bonds. The molecule has 0 saturated carbocycles. The predicted octanol–water partition coefficient (Wildman–Crippen LogP) is 25.1. The molecule has 0 aromatic carbocycles. The second-order valence-corrected chi connectivity index (χ2v) is 33.7. The Morgan fingerprint density at radius 3 is 0.667 bits per heavy atom. The SMILES string of the molecule is CCCCCCCCCCCCCCCCCCCCCC(=O)OC[C@H](COP(=O)(O)OC[C@@H](O)COP(=O)(O)OC[C@@H](COC(=O)CCCCCCCCCCCCCC)OC(=O)CCCCCCCCCCCC(C)C)OC(=O)CCCCCCCCCCCCCCCCCCC(C)C. The van der Waals surface area contributed by atoms with E-state index in [0.29, 0.717) is 25.7 Å². The first kappa shape index (κ1) is 100. The summed E-state index contributed by atoms with van der Waals surface area (Å²) in [5.41, 5.74) is 0. The molecule has 606 valence electrons. The maximum absolute atomic E-state index is 13.1. The molecule has 0 heterocycles. The van der Waals surface area contributed by atoms with Gasteiger partial charge in [0.15, 0.2) is 12.2 Å². The number of carbonyl (C=O) groups excluding carboxylic acids is 4. The van der Waals surface area contributed by atoms with E-state index in [1.54, 1.807) is 0 Å². The summed E-state index contributed by atoms with van der Waals surface area (Å²) in [6.45, 7) is 9.66. The summed E-state index contributed by atoms with van der Waals surface area (Å²) in [7, 11) is -9.92. The number of aliphatic hydroxyl groups is 1. The molecular formula is C83H162O17P2. The number of unbranched alkanes of at least 4 members (excludes halogenated alkanes) is 52. The third kappa shape index (κ3) is 76.3. The number of ether oxygens (including phenoxy) is 4. The normalized spacial score (nSPS) is 13.9. The number of esters is 4. The van der Waals surface area contributed by atoms with Crippen molar-refractivity contribution in [3.63, 3.8) is 0 Å². The fourth-order valence-electron chi connectivity index (χ4n) is 12.9. The molecule has 0 spiro atoms. The fraction of sp³-hybridized carbons (Fsp3) is 0.952. The van der Waals surface area contributed by atoms with E-state index in [1.807, 2.05) is 0 Å². The van der Waals surface area contributed by atoms with E-state index in [1.165, 1.54) is 257 Å². The summed E-state index contributed by atoms with van der Waals surface area (Å²) < 4.78 is 68.8. The van der Waals surface area contributed by atoms with Crippen LogP contribution >= 0.6 is 15.6 Å². The lowest BCUT2D eigenvalue weighted by molar-refractivity contribution is -0.161. The van der Waals surface area contributed by atoms with Crippen LogP contribution in [0.2, 0.25) is 0 Å². The molecule has 0 aliphatic heterocycles. The van der Waals surface area contributed by atoms with Crippen LogP contribution in [0.15, 0.2) is 0 Å². The van der Waals surface area contributed by atoms with Crippen LogP contribution in [0, 0.1) is 11.8 Å². The highest BCUT2D eigenvalue weighted by Gasteiger charge is 2.30. The minimum atomic E-state index is -4.96. The average molecular weight is 1490 g/mol. The molecule has 0 fully saturated rings. The van der Waals surface area contributed by atoms with Crippen LogP contribution in [0.25, 0.3) is 0 Å². The van der Waals surface area contributed by atoms with Crippen molar-refractivity contribution in [1.82, 2.24) is 0 Å². The summed E-state index contributed by atoms with van der Waals surface area (Å²) in [4.78, 5) is 73.1. The van der Waals surface area contributed by atoms with Gasteiger partial charge in [-0.3, -0.25) is 37.3 Å². The van der Waals surface area contributed by atoms with Gasteiger partial charge in [-0.15, -0.1) is 0 Å². The monoisotopic (exact) mass is 1490 g/mol.